The highest BCUT2D eigenvalue weighted by molar-refractivity contribution is 14.1. The normalized spacial score (nSPS) is 20.3. The Kier molecular flexibility index (Phi) is 5.71. The van der Waals surface area contributed by atoms with E-state index in [9.17, 15) is 9.59 Å². The zero-order valence-electron chi connectivity index (χ0n) is 17.4. The molecule has 8 heteroatoms. The SMILES string of the molecule is C[C@@H](c1ccccc1)C(c1ncc(-c2ccc(I)cc2Cl)[nH]1)N1C(=O)N[C@H](C2CC2)C1=O. The molecular weight excluding hydrogens is 539 g/mol. The molecule has 1 aliphatic carbocycles. The van der Waals surface area contributed by atoms with Gasteiger partial charge in [-0.15, -0.1) is 0 Å². The van der Waals surface area contributed by atoms with Gasteiger partial charge in [-0.1, -0.05) is 54.9 Å². The van der Waals surface area contributed by atoms with Gasteiger partial charge in [-0.3, -0.25) is 9.69 Å². The van der Waals surface area contributed by atoms with Gasteiger partial charge in [0.05, 0.1) is 16.9 Å². The lowest BCUT2D eigenvalue weighted by atomic mass is 9.91. The van der Waals surface area contributed by atoms with Crippen molar-refractivity contribution < 1.29 is 9.59 Å². The Morgan fingerprint density at radius 3 is 2.59 bits per heavy atom. The van der Waals surface area contributed by atoms with Crippen LogP contribution in [0.5, 0.6) is 0 Å². The average Bonchev–Trinajstić information content (AvgIpc) is 3.44. The summed E-state index contributed by atoms with van der Waals surface area (Å²) in [5, 5.41) is 3.51. The molecule has 1 aliphatic heterocycles. The van der Waals surface area contributed by atoms with Crippen LogP contribution in [-0.4, -0.2) is 32.8 Å². The number of benzene rings is 2. The minimum Gasteiger partial charge on any atom is -0.340 e. The van der Waals surface area contributed by atoms with Crippen LogP contribution in [0.4, 0.5) is 4.79 Å². The molecule has 0 spiro atoms. The van der Waals surface area contributed by atoms with Crippen molar-refractivity contribution in [2.24, 2.45) is 5.92 Å². The van der Waals surface area contributed by atoms with Crippen LogP contribution in [-0.2, 0) is 4.79 Å². The lowest BCUT2D eigenvalue weighted by Gasteiger charge is -2.29. The summed E-state index contributed by atoms with van der Waals surface area (Å²) in [6, 6.07) is 14.3. The molecule has 2 N–H and O–H groups in total. The van der Waals surface area contributed by atoms with Crippen LogP contribution in [0.15, 0.2) is 54.7 Å². The van der Waals surface area contributed by atoms with Gasteiger partial charge >= 0.3 is 6.03 Å². The first-order chi connectivity index (χ1) is 15.4. The summed E-state index contributed by atoms with van der Waals surface area (Å²) in [4.78, 5) is 35.6. The van der Waals surface area contributed by atoms with E-state index in [1.54, 1.807) is 6.20 Å². The average molecular weight is 561 g/mol. The quantitative estimate of drug-likeness (QED) is 0.308. The number of hydrogen-bond donors (Lipinski definition) is 2. The predicted octanol–water partition coefficient (Wildman–Crippen LogP) is 5.51. The highest BCUT2D eigenvalue weighted by atomic mass is 127. The van der Waals surface area contributed by atoms with Crippen LogP contribution >= 0.6 is 34.2 Å². The van der Waals surface area contributed by atoms with Gasteiger partial charge in [0.15, 0.2) is 0 Å². The van der Waals surface area contributed by atoms with E-state index in [1.165, 1.54) is 4.90 Å². The Bertz CT molecular complexity index is 1180. The number of nitrogens with zero attached hydrogens (tertiary/aromatic N) is 2. The van der Waals surface area contributed by atoms with Gasteiger partial charge in [-0.25, -0.2) is 9.78 Å². The van der Waals surface area contributed by atoms with Crippen molar-refractivity contribution in [3.63, 3.8) is 0 Å². The van der Waals surface area contributed by atoms with E-state index < -0.39 is 12.1 Å². The van der Waals surface area contributed by atoms with Crippen LogP contribution in [0.2, 0.25) is 5.02 Å². The molecule has 164 valence electrons. The molecule has 32 heavy (non-hydrogen) atoms. The molecule has 1 saturated carbocycles. The lowest BCUT2D eigenvalue weighted by molar-refractivity contribution is -0.130. The summed E-state index contributed by atoms with van der Waals surface area (Å²) in [5.41, 5.74) is 2.60. The Balaban J connectivity index is 1.55. The molecule has 2 heterocycles. The minimum absolute atomic E-state index is 0.157. The Morgan fingerprint density at radius 1 is 1.16 bits per heavy atom. The van der Waals surface area contributed by atoms with Gasteiger partial charge in [0.1, 0.15) is 17.9 Å². The summed E-state index contributed by atoms with van der Waals surface area (Å²) in [6.07, 6.45) is 3.66. The van der Waals surface area contributed by atoms with Gasteiger partial charge in [0.2, 0.25) is 0 Å². The van der Waals surface area contributed by atoms with Crippen molar-refractivity contribution in [3.05, 3.63) is 74.7 Å². The Labute approximate surface area is 204 Å². The van der Waals surface area contributed by atoms with Gasteiger partial charge in [-0.05, 0) is 59.0 Å². The van der Waals surface area contributed by atoms with Crippen molar-refractivity contribution in [1.29, 1.82) is 0 Å². The zero-order chi connectivity index (χ0) is 22.4. The molecule has 1 aromatic heterocycles. The second-order valence-corrected chi connectivity index (χ2v) is 10.1. The first-order valence-corrected chi connectivity index (χ1v) is 12.1. The first kappa shape index (κ1) is 21.5. The van der Waals surface area contributed by atoms with Crippen molar-refractivity contribution in [2.75, 3.05) is 0 Å². The van der Waals surface area contributed by atoms with Crippen molar-refractivity contribution in [1.82, 2.24) is 20.2 Å². The van der Waals surface area contributed by atoms with E-state index in [1.807, 2.05) is 55.5 Å². The van der Waals surface area contributed by atoms with Crippen LogP contribution in [0.1, 0.15) is 43.1 Å². The molecular formula is C24H22ClIN4O2. The number of urea groups is 1. The van der Waals surface area contributed by atoms with E-state index in [-0.39, 0.29) is 23.8 Å². The third kappa shape index (κ3) is 3.92. The summed E-state index contributed by atoms with van der Waals surface area (Å²) < 4.78 is 1.04. The maximum Gasteiger partial charge on any atom is 0.325 e. The minimum atomic E-state index is -0.565. The Morgan fingerprint density at radius 2 is 1.91 bits per heavy atom. The maximum absolute atomic E-state index is 13.3. The Hall–Kier alpha value is -2.39. The molecule has 6 nitrogen and oxygen atoms in total. The van der Waals surface area contributed by atoms with Crippen molar-refractivity contribution in [3.8, 4) is 11.3 Å². The van der Waals surface area contributed by atoms with Gasteiger partial charge in [0.25, 0.3) is 5.91 Å². The number of nitrogens with one attached hydrogen (secondary N) is 2. The number of hydrogen-bond acceptors (Lipinski definition) is 3. The molecule has 2 aliphatic rings. The second kappa shape index (κ2) is 8.51. The molecule has 3 amide bonds. The fraction of sp³-hybridized carbons (Fsp3) is 0.292. The number of halogens is 2. The summed E-state index contributed by atoms with van der Waals surface area (Å²) in [5.74, 6) is 0.471. The molecule has 3 aromatic rings. The topological polar surface area (TPSA) is 78.1 Å². The first-order valence-electron chi connectivity index (χ1n) is 10.6. The van der Waals surface area contributed by atoms with E-state index in [0.29, 0.717) is 10.8 Å². The number of H-pyrrole nitrogens is 1. The summed E-state index contributed by atoms with van der Waals surface area (Å²) in [6.45, 7) is 2.02. The maximum atomic E-state index is 13.3. The van der Waals surface area contributed by atoms with Crippen LogP contribution in [0, 0.1) is 9.49 Å². The molecule has 2 fully saturated rings. The number of amides is 3. The van der Waals surface area contributed by atoms with Crippen molar-refractivity contribution in [2.45, 2.75) is 37.8 Å². The standard InChI is InChI=1S/C24H22ClIN4O2/c1-13(14-5-3-2-4-6-14)21(30-23(31)20(15-7-8-15)29-24(30)32)22-27-12-19(28-22)17-10-9-16(26)11-18(17)25/h2-6,9-13,15,20-21H,7-8H2,1H3,(H,27,28)(H,29,32)/t13-,20+,21?/m0/s1. The monoisotopic (exact) mass is 560 g/mol. The largest absolute Gasteiger partial charge is 0.340 e. The molecule has 1 saturated heterocycles. The second-order valence-electron chi connectivity index (χ2n) is 8.42. The number of carbonyl (C=O) groups excluding carboxylic acids is 2. The fourth-order valence-corrected chi connectivity index (χ4v) is 5.34. The van der Waals surface area contributed by atoms with Crippen LogP contribution in [0.3, 0.4) is 0 Å². The smallest absolute Gasteiger partial charge is 0.325 e. The molecule has 0 bridgehead atoms. The van der Waals surface area contributed by atoms with Crippen molar-refractivity contribution >= 4 is 46.1 Å². The number of carbonyl (C=O) groups is 2. The fourth-order valence-electron chi connectivity index (χ4n) is 4.38. The predicted molar refractivity (Wildman–Crippen MR) is 131 cm³/mol. The van der Waals surface area contributed by atoms with E-state index in [0.717, 1.165) is 33.2 Å². The third-order valence-electron chi connectivity index (χ3n) is 6.27. The lowest BCUT2D eigenvalue weighted by Crippen LogP contribution is -2.38. The molecule has 0 radical (unpaired) electrons. The molecule has 5 rings (SSSR count). The third-order valence-corrected chi connectivity index (χ3v) is 7.25. The van der Waals surface area contributed by atoms with E-state index in [4.69, 9.17) is 11.6 Å². The number of aromatic amines is 1. The number of imidazole rings is 1. The molecule has 3 atom stereocenters. The highest BCUT2D eigenvalue weighted by Crippen LogP contribution is 2.41. The van der Waals surface area contributed by atoms with Gasteiger partial charge in [-0.2, -0.15) is 0 Å². The number of aromatic nitrogens is 2. The summed E-state index contributed by atoms with van der Waals surface area (Å²) in [7, 11) is 0. The van der Waals surface area contributed by atoms with E-state index in [2.05, 4.69) is 37.9 Å². The highest BCUT2D eigenvalue weighted by Gasteiger charge is 2.50. The van der Waals surface area contributed by atoms with E-state index >= 15 is 0 Å². The zero-order valence-corrected chi connectivity index (χ0v) is 20.3. The van der Waals surface area contributed by atoms with Gasteiger partial charge < -0.3 is 10.3 Å². The number of imide groups is 1. The number of rotatable bonds is 6. The van der Waals surface area contributed by atoms with Crippen LogP contribution in [0.25, 0.3) is 11.3 Å². The van der Waals surface area contributed by atoms with Gasteiger partial charge in [0, 0.05) is 15.1 Å². The van der Waals surface area contributed by atoms with Crippen LogP contribution < -0.4 is 5.32 Å². The summed E-state index contributed by atoms with van der Waals surface area (Å²) >= 11 is 8.68. The molecule has 2 aromatic carbocycles. The molecule has 1 unspecified atom stereocenters.